The van der Waals surface area contributed by atoms with Gasteiger partial charge in [0.1, 0.15) is 5.82 Å². The van der Waals surface area contributed by atoms with Gasteiger partial charge in [-0.1, -0.05) is 0 Å². The van der Waals surface area contributed by atoms with Gasteiger partial charge < -0.3 is 10.1 Å². The summed E-state index contributed by atoms with van der Waals surface area (Å²) in [5.41, 5.74) is 0.641. The van der Waals surface area contributed by atoms with E-state index in [4.69, 9.17) is 4.74 Å². The summed E-state index contributed by atoms with van der Waals surface area (Å²) in [5, 5.41) is 7.35. The van der Waals surface area contributed by atoms with E-state index < -0.39 is 0 Å². The highest BCUT2D eigenvalue weighted by Crippen LogP contribution is 2.07. The molecule has 7 heteroatoms. The number of morpholine rings is 1. The molecule has 108 valence electrons. The number of hydrogen-bond donors (Lipinski definition) is 1. The minimum absolute atomic E-state index is 0.318. The molecule has 3 heterocycles. The molecule has 1 fully saturated rings. The third-order valence-corrected chi connectivity index (χ3v) is 3.33. The van der Waals surface area contributed by atoms with E-state index in [0.29, 0.717) is 11.6 Å². The summed E-state index contributed by atoms with van der Waals surface area (Å²) in [6, 6.07) is 2.99. The second-order valence-electron chi connectivity index (χ2n) is 4.82. The maximum atomic E-state index is 13.0. The van der Waals surface area contributed by atoms with Crippen molar-refractivity contribution in [2.24, 2.45) is 0 Å². The lowest BCUT2D eigenvalue weighted by atomic mass is 10.3. The van der Waals surface area contributed by atoms with Gasteiger partial charge in [-0.3, -0.25) is 4.90 Å². The summed E-state index contributed by atoms with van der Waals surface area (Å²) in [5.74, 6) is 0.221. The van der Waals surface area contributed by atoms with Crippen molar-refractivity contribution >= 4 is 11.6 Å². The molecule has 0 atom stereocenters. The first-order valence-corrected chi connectivity index (χ1v) is 6.87. The lowest BCUT2D eigenvalue weighted by Crippen LogP contribution is -2.37. The number of aromatic nitrogens is 3. The van der Waals surface area contributed by atoms with Gasteiger partial charge in [-0.05, 0) is 25.1 Å². The number of nitrogens with one attached hydrogen (secondary N) is 1. The van der Waals surface area contributed by atoms with E-state index in [9.17, 15) is 4.39 Å². The number of ether oxygens (including phenoxy) is 1. The van der Waals surface area contributed by atoms with Crippen LogP contribution in [0.4, 0.5) is 10.3 Å². The molecule has 0 aromatic carbocycles. The van der Waals surface area contributed by atoms with Gasteiger partial charge in [-0.15, -0.1) is 5.10 Å². The largest absolute Gasteiger partial charge is 0.379 e. The zero-order valence-electron chi connectivity index (χ0n) is 11.3. The standard InChI is InChI=1S/C13H18FN5O/c14-11-2-3-12-16-13(17-19(12)10-11)15-4-1-5-18-6-8-20-9-7-18/h2-3,10H,1,4-9H2,(H,15,17). The Hall–Kier alpha value is -1.73. The maximum Gasteiger partial charge on any atom is 0.243 e. The molecule has 20 heavy (non-hydrogen) atoms. The van der Waals surface area contributed by atoms with Crippen LogP contribution in [0.2, 0.25) is 0 Å². The quantitative estimate of drug-likeness (QED) is 0.828. The van der Waals surface area contributed by atoms with Gasteiger partial charge in [0.2, 0.25) is 5.95 Å². The van der Waals surface area contributed by atoms with E-state index in [2.05, 4.69) is 20.3 Å². The highest BCUT2D eigenvalue weighted by molar-refractivity contribution is 5.42. The summed E-state index contributed by atoms with van der Waals surface area (Å²) in [6.07, 6.45) is 2.34. The van der Waals surface area contributed by atoms with Crippen molar-refractivity contribution in [3.63, 3.8) is 0 Å². The van der Waals surface area contributed by atoms with Gasteiger partial charge in [-0.25, -0.2) is 8.91 Å². The molecule has 0 spiro atoms. The Morgan fingerprint density at radius 1 is 1.30 bits per heavy atom. The lowest BCUT2D eigenvalue weighted by molar-refractivity contribution is 0.0378. The minimum Gasteiger partial charge on any atom is -0.379 e. The predicted octanol–water partition coefficient (Wildman–Crippen LogP) is 1.00. The Bertz CT molecular complexity index is 567. The summed E-state index contributed by atoms with van der Waals surface area (Å²) < 4.78 is 19.8. The van der Waals surface area contributed by atoms with Crippen LogP contribution >= 0.6 is 0 Å². The van der Waals surface area contributed by atoms with E-state index >= 15 is 0 Å². The van der Waals surface area contributed by atoms with Crippen LogP contribution < -0.4 is 5.32 Å². The third kappa shape index (κ3) is 3.23. The Morgan fingerprint density at radius 2 is 2.15 bits per heavy atom. The molecule has 1 saturated heterocycles. The number of halogens is 1. The number of pyridine rings is 1. The number of hydrogen-bond acceptors (Lipinski definition) is 5. The van der Waals surface area contributed by atoms with Crippen LogP contribution in [0, 0.1) is 5.82 Å². The summed E-state index contributed by atoms with van der Waals surface area (Å²) in [7, 11) is 0. The highest BCUT2D eigenvalue weighted by Gasteiger charge is 2.09. The molecule has 1 N–H and O–H groups in total. The number of fused-ring (bicyclic) bond motifs is 1. The first kappa shape index (κ1) is 13.3. The van der Waals surface area contributed by atoms with Gasteiger partial charge in [0.25, 0.3) is 0 Å². The third-order valence-electron chi connectivity index (χ3n) is 3.33. The Labute approximate surface area is 116 Å². The number of rotatable bonds is 5. The fourth-order valence-electron chi connectivity index (χ4n) is 2.26. The van der Waals surface area contributed by atoms with Gasteiger partial charge in [0.15, 0.2) is 5.65 Å². The molecule has 0 aliphatic carbocycles. The van der Waals surface area contributed by atoms with Crippen molar-refractivity contribution in [3.05, 3.63) is 24.1 Å². The zero-order chi connectivity index (χ0) is 13.8. The average molecular weight is 279 g/mol. The molecule has 1 aliphatic heterocycles. The molecule has 0 unspecified atom stereocenters. The molecule has 0 amide bonds. The predicted molar refractivity (Wildman–Crippen MR) is 73.3 cm³/mol. The molecule has 2 aromatic heterocycles. The van der Waals surface area contributed by atoms with E-state index in [1.165, 1.54) is 16.8 Å². The van der Waals surface area contributed by atoms with Crippen LogP contribution in [-0.2, 0) is 4.74 Å². The molecule has 2 aromatic rings. The number of nitrogens with zero attached hydrogens (tertiary/aromatic N) is 4. The lowest BCUT2D eigenvalue weighted by Gasteiger charge is -2.26. The van der Waals surface area contributed by atoms with Crippen molar-refractivity contribution in [1.82, 2.24) is 19.5 Å². The monoisotopic (exact) mass is 279 g/mol. The summed E-state index contributed by atoms with van der Waals surface area (Å²) >= 11 is 0. The topological polar surface area (TPSA) is 54.7 Å². The first-order valence-electron chi connectivity index (χ1n) is 6.87. The van der Waals surface area contributed by atoms with Crippen LogP contribution in [0.1, 0.15) is 6.42 Å². The molecule has 6 nitrogen and oxygen atoms in total. The fourth-order valence-corrected chi connectivity index (χ4v) is 2.26. The van der Waals surface area contributed by atoms with Gasteiger partial charge in [-0.2, -0.15) is 4.98 Å². The van der Waals surface area contributed by atoms with Crippen molar-refractivity contribution in [2.45, 2.75) is 6.42 Å². The van der Waals surface area contributed by atoms with Gasteiger partial charge >= 0.3 is 0 Å². The fraction of sp³-hybridized carbons (Fsp3) is 0.538. The van der Waals surface area contributed by atoms with Crippen LogP contribution in [0.3, 0.4) is 0 Å². The van der Waals surface area contributed by atoms with Crippen LogP contribution in [-0.4, -0.2) is 58.9 Å². The minimum atomic E-state index is -0.318. The number of anilines is 1. The van der Waals surface area contributed by atoms with Crippen LogP contribution in [0.15, 0.2) is 18.3 Å². The van der Waals surface area contributed by atoms with Gasteiger partial charge in [0.05, 0.1) is 19.4 Å². The highest BCUT2D eigenvalue weighted by atomic mass is 19.1. The van der Waals surface area contributed by atoms with E-state index in [1.807, 2.05) is 0 Å². The average Bonchev–Trinajstić information content (AvgIpc) is 2.86. The van der Waals surface area contributed by atoms with Crippen LogP contribution in [0.5, 0.6) is 0 Å². The van der Waals surface area contributed by atoms with Gasteiger partial charge in [0, 0.05) is 19.6 Å². The van der Waals surface area contributed by atoms with Crippen molar-refractivity contribution < 1.29 is 9.13 Å². The van der Waals surface area contributed by atoms with E-state index in [-0.39, 0.29) is 5.82 Å². The maximum absolute atomic E-state index is 13.0. The Balaban J connectivity index is 1.47. The molecular formula is C13H18FN5O. The zero-order valence-corrected chi connectivity index (χ0v) is 11.3. The van der Waals surface area contributed by atoms with Crippen molar-refractivity contribution in [1.29, 1.82) is 0 Å². The Morgan fingerprint density at radius 3 is 3.00 bits per heavy atom. The van der Waals surface area contributed by atoms with Crippen molar-refractivity contribution in [3.8, 4) is 0 Å². The molecule has 0 saturated carbocycles. The smallest absolute Gasteiger partial charge is 0.243 e. The summed E-state index contributed by atoms with van der Waals surface area (Å²) in [4.78, 5) is 6.67. The second kappa shape index (κ2) is 6.15. The SMILES string of the molecule is Fc1ccc2nc(NCCCN3CCOCC3)nn2c1. The Kier molecular flexibility index (Phi) is 4.08. The summed E-state index contributed by atoms with van der Waals surface area (Å²) in [6.45, 7) is 5.51. The second-order valence-corrected chi connectivity index (χ2v) is 4.82. The van der Waals surface area contributed by atoms with E-state index in [1.54, 1.807) is 6.07 Å². The molecule has 3 rings (SSSR count). The molecule has 1 aliphatic rings. The first-order chi connectivity index (χ1) is 9.81. The van der Waals surface area contributed by atoms with Crippen molar-refractivity contribution in [2.75, 3.05) is 44.7 Å². The van der Waals surface area contributed by atoms with E-state index in [0.717, 1.165) is 45.8 Å². The molecular weight excluding hydrogens is 261 g/mol. The molecule has 0 radical (unpaired) electrons. The normalized spacial score (nSPS) is 16.6. The molecule has 0 bridgehead atoms. The van der Waals surface area contributed by atoms with Crippen LogP contribution in [0.25, 0.3) is 5.65 Å².